The number of Topliss-reactive ketones (excluding diaryl/α,β-unsaturated/α-hetero) is 1. The molecule has 0 aliphatic carbocycles. The van der Waals surface area contributed by atoms with Gasteiger partial charge in [0.05, 0.1) is 6.61 Å². The zero-order chi connectivity index (χ0) is 9.07. The lowest BCUT2D eigenvalue weighted by atomic mass is 10.3. The van der Waals surface area contributed by atoms with Crippen LogP contribution in [0.1, 0.15) is 6.92 Å². The predicted molar refractivity (Wildman–Crippen MR) is 34.7 cm³/mol. The second kappa shape index (κ2) is 3.94. The van der Waals surface area contributed by atoms with Crippen LogP contribution < -0.4 is 0 Å². The molecule has 7 heteroatoms. The molecule has 0 aliphatic heterocycles. The molecule has 0 saturated carbocycles. The third-order valence-corrected chi connectivity index (χ3v) is 1.36. The van der Waals surface area contributed by atoms with Crippen molar-refractivity contribution in [2.45, 2.75) is 13.0 Å². The molecule has 1 atom stereocenters. The smallest absolute Gasteiger partial charge is 0.383 e. The number of hydrogen-bond donors (Lipinski definition) is 3. The van der Waals surface area contributed by atoms with Crippen LogP contribution in [-0.2, 0) is 13.9 Å². The fourth-order valence-electron chi connectivity index (χ4n) is 0.285. The van der Waals surface area contributed by atoms with Gasteiger partial charge in [0, 0.05) is 0 Å². The Morgan fingerprint density at radius 2 is 2.09 bits per heavy atom. The Kier molecular flexibility index (Phi) is 3.85. The number of carbonyl (C=O) groups excluding carboxylic acids is 1. The number of rotatable bonds is 4. The zero-order valence-corrected chi connectivity index (χ0v) is 6.69. The van der Waals surface area contributed by atoms with Crippen LogP contribution in [0, 0.1) is 0 Å². The van der Waals surface area contributed by atoms with Crippen molar-refractivity contribution >= 4 is 13.6 Å². The van der Waals surface area contributed by atoms with Crippen LogP contribution in [0.25, 0.3) is 0 Å². The molecule has 0 rings (SSSR count). The van der Waals surface area contributed by atoms with Gasteiger partial charge in [-0.3, -0.25) is 9.32 Å². The Labute approximate surface area is 63.0 Å². The second-order valence-electron chi connectivity index (χ2n) is 1.91. The van der Waals surface area contributed by atoms with Crippen LogP contribution in [0.4, 0.5) is 0 Å². The summed E-state index contributed by atoms with van der Waals surface area (Å²) in [7, 11) is -4.57. The fourth-order valence-corrected chi connectivity index (χ4v) is 0.620. The van der Waals surface area contributed by atoms with Gasteiger partial charge >= 0.3 is 7.82 Å². The molecular formula is C4H9O6P. The number of aliphatic hydroxyl groups is 1. The van der Waals surface area contributed by atoms with Crippen molar-refractivity contribution in [1.82, 2.24) is 0 Å². The lowest BCUT2D eigenvalue weighted by molar-refractivity contribution is -0.126. The molecule has 0 aromatic carbocycles. The topological polar surface area (TPSA) is 104 Å². The lowest BCUT2D eigenvalue weighted by Gasteiger charge is -2.07. The summed E-state index contributed by atoms with van der Waals surface area (Å²) in [5, 5.41) is 8.67. The van der Waals surface area contributed by atoms with Crippen LogP contribution in [0.3, 0.4) is 0 Å². The monoisotopic (exact) mass is 184 g/mol. The van der Waals surface area contributed by atoms with E-state index in [4.69, 9.17) is 14.9 Å². The summed E-state index contributed by atoms with van der Waals surface area (Å²) >= 11 is 0. The van der Waals surface area contributed by atoms with E-state index < -0.39 is 26.3 Å². The fraction of sp³-hybridized carbons (Fsp3) is 0.750. The second-order valence-corrected chi connectivity index (χ2v) is 3.15. The van der Waals surface area contributed by atoms with Crippen molar-refractivity contribution in [2.75, 3.05) is 6.61 Å². The molecular weight excluding hydrogens is 175 g/mol. The highest BCUT2D eigenvalue weighted by Gasteiger charge is 2.18. The molecule has 0 aliphatic rings. The Bertz CT molecular complexity index is 183. The minimum absolute atomic E-state index is 0.599. The maximum absolute atomic E-state index is 10.3. The van der Waals surface area contributed by atoms with E-state index in [1.807, 2.05) is 0 Å². The number of ketones is 1. The summed E-state index contributed by atoms with van der Waals surface area (Å²) in [6.07, 6.45) is -1.47. The normalized spacial score (nSPS) is 14.5. The summed E-state index contributed by atoms with van der Waals surface area (Å²) in [4.78, 5) is 26.5. The Morgan fingerprint density at radius 3 is 2.36 bits per heavy atom. The zero-order valence-electron chi connectivity index (χ0n) is 5.80. The van der Waals surface area contributed by atoms with E-state index in [1.165, 1.54) is 0 Å². The Balaban J connectivity index is 3.72. The van der Waals surface area contributed by atoms with Gasteiger partial charge in [0.25, 0.3) is 0 Å². The molecule has 0 unspecified atom stereocenters. The maximum atomic E-state index is 10.3. The minimum atomic E-state index is -4.57. The van der Waals surface area contributed by atoms with E-state index in [2.05, 4.69) is 4.52 Å². The average Bonchev–Trinajstić information content (AvgIpc) is 1.80. The quantitative estimate of drug-likeness (QED) is 0.486. The Morgan fingerprint density at radius 1 is 1.64 bits per heavy atom. The number of carbonyl (C=O) groups is 1. The van der Waals surface area contributed by atoms with Gasteiger partial charge in [-0.2, -0.15) is 0 Å². The molecule has 0 amide bonds. The largest absolute Gasteiger partial charge is 0.469 e. The molecule has 0 heterocycles. The van der Waals surface area contributed by atoms with Gasteiger partial charge in [-0.25, -0.2) is 4.57 Å². The average molecular weight is 184 g/mol. The van der Waals surface area contributed by atoms with E-state index >= 15 is 0 Å². The molecule has 6 nitrogen and oxygen atoms in total. The number of phosphoric acid groups is 1. The van der Waals surface area contributed by atoms with E-state index in [1.54, 1.807) is 0 Å². The number of aliphatic hydroxyl groups excluding tert-OH is 1. The molecule has 0 aromatic heterocycles. The third kappa shape index (κ3) is 6.15. The van der Waals surface area contributed by atoms with Gasteiger partial charge in [-0.05, 0) is 6.92 Å². The molecule has 3 N–H and O–H groups in total. The molecule has 66 valence electrons. The van der Waals surface area contributed by atoms with E-state index in [9.17, 15) is 9.36 Å². The summed E-state index contributed by atoms with van der Waals surface area (Å²) in [5.41, 5.74) is 0. The third-order valence-electron chi connectivity index (χ3n) is 0.870. The van der Waals surface area contributed by atoms with Crippen LogP contribution in [-0.4, -0.2) is 33.4 Å². The summed E-state index contributed by atoms with van der Waals surface area (Å²) in [5.74, 6) is -0.599. The van der Waals surface area contributed by atoms with Crippen molar-refractivity contribution in [2.24, 2.45) is 0 Å². The predicted octanol–water partition coefficient (Wildman–Crippen LogP) is -0.954. The van der Waals surface area contributed by atoms with Crippen LogP contribution in [0.15, 0.2) is 0 Å². The van der Waals surface area contributed by atoms with E-state index in [-0.39, 0.29) is 0 Å². The molecule has 0 fully saturated rings. The first-order chi connectivity index (χ1) is 4.83. The molecule has 0 aromatic rings. The van der Waals surface area contributed by atoms with Crippen molar-refractivity contribution in [3.8, 4) is 0 Å². The van der Waals surface area contributed by atoms with E-state index in [0.29, 0.717) is 0 Å². The van der Waals surface area contributed by atoms with Crippen molar-refractivity contribution in [3.63, 3.8) is 0 Å². The minimum Gasteiger partial charge on any atom is -0.383 e. The van der Waals surface area contributed by atoms with Gasteiger partial charge in [0.15, 0.2) is 5.78 Å². The van der Waals surface area contributed by atoms with E-state index in [0.717, 1.165) is 6.92 Å². The first kappa shape index (κ1) is 10.7. The van der Waals surface area contributed by atoms with Crippen molar-refractivity contribution in [3.05, 3.63) is 0 Å². The molecule has 0 spiro atoms. The standard InChI is InChI=1S/C4H9O6P/c1-3(5)4(6)2-10-11(7,8)9/h4,6H,2H2,1H3,(H2,7,8,9)/t4-/m1/s1. The highest BCUT2D eigenvalue weighted by Crippen LogP contribution is 2.35. The van der Waals surface area contributed by atoms with Gasteiger partial charge in [-0.1, -0.05) is 0 Å². The first-order valence-corrected chi connectivity index (χ1v) is 4.24. The first-order valence-electron chi connectivity index (χ1n) is 2.71. The summed E-state index contributed by atoms with van der Waals surface area (Å²) in [6, 6.07) is 0. The highest BCUT2D eigenvalue weighted by atomic mass is 31.2. The van der Waals surface area contributed by atoms with Crippen LogP contribution in [0.5, 0.6) is 0 Å². The van der Waals surface area contributed by atoms with Gasteiger partial charge < -0.3 is 14.9 Å². The lowest BCUT2D eigenvalue weighted by Crippen LogP contribution is -2.22. The summed E-state index contributed by atoms with van der Waals surface area (Å²) < 4.78 is 13.9. The highest BCUT2D eigenvalue weighted by molar-refractivity contribution is 7.46. The SMILES string of the molecule is CC(=O)[C@H](O)COP(=O)(O)O. The van der Waals surface area contributed by atoms with Gasteiger partial charge in [0.1, 0.15) is 6.10 Å². The van der Waals surface area contributed by atoms with Crippen LogP contribution in [0.2, 0.25) is 0 Å². The maximum Gasteiger partial charge on any atom is 0.469 e. The molecule has 0 radical (unpaired) electrons. The number of phosphoric ester groups is 1. The van der Waals surface area contributed by atoms with Crippen LogP contribution >= 0.6 is 7.82 Å². The van der Waals surface area contributed by atoms with Crippen molar-refractivity contribution < 1.29 is 28.8 Å². The van der Waals surface area contributed by atoms with Gasteiger partial charge in [0.2, 0.25) is 0 Å². The molecule has 0 bridgehead atoms. The molecule has 11 heavy (non-hydrogen) atoms. The number of hydrogen-bond acceptors (Lipinski definition) is 4. The Hall–Kier alpha value is -0.260. The van der Waals surface area contributed by atoms with Gasteiger partial charge in [-0.15, -0.1) is 0 Å². The van der Waals surface area contributed by atoms with Crippen molar-refractivity contribution in [1.29, 1.82) is 0 Å². The molecule has 0 saturated heterocycles. The summed E-state index contributed by atoms with van der Waals surface area (Å²) in [6.45, 7) is 0.410.